The predicted molar refractivity (Wildman–Crippen MR) is 78.0 cm³/mol. The van der Waals surface area contributed by atoms with E-state index in [1.165, 1.54) is 6.42 Å². The third-order valence-corrected chi connectivity index (χ3v) is 5.19. The smallest absolute Gasteiger partial charge is 0.0881 e. The Morgan fingerprint density at radius 3 is 2.32 bits per heavy atom. The molecule has 1 aliphatic heterocycles. The van der Waals surface area contributed by atoms with Crippen molar-refractivity contribution in [2.75, 3.05) is 13.6 Å². The number of nitrogens with zero attached hydrogens (tertiary/aromatic N) is 1. The van der Waals surface area contributed by atoms with Crippen molar-refractivity contribution < 1.29 is 10.2 Å². The first-order valence-electron chi connectivity index (χ1n) is 7.70. The van der Waals surface area contributed by atoms with Crippen LogP contribution in [0.1, 0.15) is 52.4 Å². The van der Waals surface area contributed by atoms with Crippen LogP contribution in [0.15, 0.2) is 12.2 Å². The number of aliphatic hydroxyl groups is 2. The molecule has 0 amide bonds. The fourth-order valence-corrected chi connectivity index (χ4v) is 3.46. The summed E-state index contributed by atoms with van der Waals surface area (Å²) in [5.74, 6) is 0.206. The van der Waals surface area contributed by atoms with Crippen LogP contribution in [-0.4, -0.2) is 45.9 Å². The molecule has 2 N–H and O–H groups in total. The summed E-state index contributed by atoms with van der Waals surface area (Å²) in [5.41, 5.74) is -1.45. The minimum absolute atomic E-state index is 0.206. The minimum Gasteiger partial charge on any atom is -0.386 e. The van der Waals surface area contributed by atoms with Gasteiger partial charge in [0.15, 0.2) is 0 Å². The topological polar surface area (TPSA) is 43.7 Å². The number of likely N-dealkylation sites (tertiary alicyclic amines) is 1. The maximum atomic E-state index is 10.8. The van der Waals surface area contributed by atoms with Crippen LogP contribution in [0.5, 0.6) is 0 Å². The summed E-state index contributed by atoms with van der Waals surface area (Å²) in [4.78, 5) is 2.29. The van der Waals surface area contributed by atoms with Crippen molar-refractivity contribution in [3.8, 4) is 0 Å². The number of hydrogen-bond donors (Lipinski definition) is 2. The van der Waals surface area contributed by atoms with E-state index in [0.717, 1.165) is 38.6 Å². The molecule has 19 heavy (non-hydrogen) atoms. The Hall–Kier alpha value is -0.380. The highest BCUT2D eigenvalue weighted by Gasteiger charge is 2.40. The number of piperidine rings is 1. The first-order valence-corrected chi connectivity index (χ1v) is 7.70. The molecule has 1 saturated heterocycles. The van der Waals surface area contributed by atoms with Crippen LogP contribution in [-0.2, 0) is 0 Å². The Morgan fingerprint density at radius 1 is 1.05 bits per heavy atom. The van der Waals surface area contributed by atoms with E-state index < -0.39 is 11.2 Å². The number of hydrogen-bond acceptors (Lipinski definition) is 3. The van der Waals surface area contributed by atoms with Crippen LogP contribution in [0.2, 0.25) is 0 Å². The molecule has 0 aromatic rings. The lowest BCUT2D eigenvalue weighted by molar-refractivity contribution is -0.0441. The maximum Gasteiger partial charge on any atom is 0.0881 e. The zero-order chi connectivity index (χ0) is 14.1. The molecule has 0 aromatic carbocycles. The van der Waals surface area contributed by atoms with E-state index in [1.807, 2.05) is 12.2 Å². The molecular formula is C16H29NO2. The van der Waals surface area contributed by atoms with E-state index in [2.05, 4.69) is 25.8 Å². The van der Waals surface area contributed by atoms with Crippen molar-refractivity contribution in [1.29, 1.82) is 0 Å². The van der Waals surface area contributed by atoms with Gasteiger partial charge in [-0.2, -0.15) is 0 Å². The van der Waals surface area contributed by atoms with Crippen LogP contribution in [0.3, 0.4) is 0 Å². The Balaban J connectivity index is 2.07. The van der Waals surface area contributed by atoms with E-state index in [-0.39, 0.29) is 5.92 Å². The van der Waals surface area contributed by atoms with E-state index in [4.69, 9.17) is 0 Å². The van der Waals surface area contributed by atoms with Crippen LogP contribution < -0.4 is 0 Å². The molecule has 3 atom stereocenters. The van der Waals surface area contributed by atoms with Crippen molar-refractivity contribution in [3.05, 3.63) is 12.2 Å². The van der Waals surface area contributed by atoms with Gasteiger partial charge in [0, 0.05) is 18.5 Å². The summed E-state index contributed by atoms with van der Waals surface area (Å²) in [7, 11) is 2.11. The molecule has 1 heterocycles. The van der Waals surface area contributed by atoms with Gasteiger partial charge < -0.3 is 15.1 Å². The van der Waals surface area contributed by atoms with Crippen molar-refractivity contribution in [1.82, 2.24) is 4.90 Å². The lowest BCUT2D eigenvalue weighted by Crippen LogP contribution is -2.52. The quantitative estimate of drug-likeness (QED) is 0.755. The first-order chi connectivity index (χ1) is 8.85. The molecule has 2 aliphatic rings. The van der Waals surface area contributed by atoms with Gasteiger partial charge in [-0.25, -0.2) is 0 Å². The van der Waals surface area contributed by atoms with Gasteiger partial charge in [0.05, 0.1) is 11.2 Å². The standard InChI is InChI=1S/C16H29NO2/c1-13-12-17(3)14(2)11-16(13,19)10-9-15(18)7-5-4-6-8-15/h9-10,13-14,18-19H,4-8,11-12H2,1-3H3. The molecule has 3 unspecified atom stereocenters. The molecule has 3 nitrogen and oxygen atoms in total. The molecule has 0 radical (unpaired) electrons. The lowest BCUT2D eigenvalue weighted by Gasteiger charge is -2.44. The predicted octanol–water partition coefficient (Wildman–Crippen LogP) is 2.33. The summed E-state index contributed by atoms with van der Waals surface area (Å²) in [6.45, 7) is 5.15. The van der Waals surface area contributed by atoms with Crippen LogP contribution >= 0.6 is 0 Å². The zero-order valence-corrected chi connectivity index (χ0v) is 12.6. The van der Waals surface area contributed by atoms with Crippen LogP contribution in [0, 0.1) is 5.92 Å². The van der Waals surface area contributed by atoms with Crippen molar-refractivity contribution in [2.24, 2.45) is 5.92 Å². The SMILES string of the molecule is CC1CC(O)(C=CC2(O)CCCCC2)C(C)CN1C. The van der Waals surface area contributed by atoms with E-state index in [9.17, 15) is 10.2 Å². The molecule has 110 valence electrons. The summed E-state index contributed by atoms with van der Waals surface area (Å²) in [6.07, 6.45) is 9.61. The van der Waals surface area contributed by atoms with Crippen LogP contribution in [0.25, 0.3) is 0 Å². The lowest BCUT2D eigenvalue weighted by atomic mass is 9.77. The molecule has 2 rings (SSSR count). The first kappa shape index (κ1) is 15.0. The Morgan fingerprint density at radius 2 is 1.68 bits per heavy atom. The summed E-state index contributed by atoms with van der Waals surface area (Å²) >= 11 is 0. The average molecular weight is 267 g/mol. The van der Waals surface area contributed by atoms with E-state index in [0.29, 0.717) is 6.04 Å². The normalized spacial score (nSPS) is 40.7. The largest absolute Gasteiger partial charge is 0.386 e. The minimum atomic E-state index is -0.765. The molecule has 3 heteroatoms. The second-order valence-electron chi connectivity index (χ2n) is 6.88. The fourth-order valence-electron chi connectivity index (χ4n) is 3.46. The third-order valence-electron chi connectivity index (χ3n) is 5.19. The Bertz CT molecular complexity index is 336. The van der Waals surface area contributed by atoms with Crippen molar-refractivity contribution in [3.63, 3.8) is 0 Å². The third kappa shape index (κ3) is 3.39. The highest BCUT2D eigenvalue weighted by Crippen LogP contribution is 2.35. The van der Waals surface area contributed by atoms with Crippen molar-refractivity contribution >= 4 is 0 Å². The summed E-state index contributed by atoms with van der Waals surface area (Å²) in [5, 5.41) is 21.4. The molecular weight excluding hydrogens is 238 g/mol. The molecule has 0 aromatic heterocycles. The average Bonchev–Trinajstić information content (AvgIpc) is 2.36. The fraction of sp³-hybridized carbons (Fsp3) is 0.875. The highest BCUT2D eigenvalue weighted by molar-refractivity contribution is 5.13. The Kier molecular flexibility index (Phi) is 4.38. The van der Waals surface area contributed by atoms with Crippen molar-refractivity contribution in [2.45, 2.75) is 69.6 Å². The second kappa shape index (κ2) is 5.55. The number of rotatable bonds is 2. The van der Waals surface area contributed by atoms with Gasteiger partial charge >= 0.3 is 0 Å². The molecule has 1 saturated carbocycles. The molecule has 2 fully saturated rings. The molecule has 1 aliphatic carbocycles. The summed E-state index contributed by atoms with van der Waals surface area (Å²) in [6, 6.07) is 0.381. The monoisotopic (exact) mass is 267 g/mol. The highest BCUT2D eigenvalue weighted by atomic mass is 16.3. The molecule has 0 spiro atoms. The van der Waals surface area contributed by atoms with E-state index in [1.54, 1.807) is 0 Å². The van der Waals surface area contributed by atoms with Gasteiger partial charge in [-0.3, -0.25) is 0 Å². The van der Waals surface area contributed by atoms with Gasteiger partial charge in [0.2, 0.25) is 0 Å². The second-order valence-corrected chi connectivity index (χ2v) is 6.88. The van der Waals surface area contributed by atoms with Gasteiger partial charge in [0.1, 0.15) is 0 Å². The van der Waals surface area contributed by atoms with E-state index >= 15 is 0 Å². The van der Waals surface area contributed by atoms with Gasteiger partial charge in [-0.05, 0) is 33.2 Å². The molecule has 0 bridgehead atoms. The summed E-state index contributed by atoms with van der Waals surface area (Å²) < 4.78 is 0. The maximum absolute atomic E-state index is 10.8. The van der Waals surface area contributed by atoms with Crippen LogP contribution in [0.4, 0.5) is 0 Å². The van der Waals surface area contributed by atoms with Gasteiger partial charge in [-0.1, -0.05) is 38.3 Å². The van der Waals surface area contributed by atoms with Gasteiger partial charge in [-0.15, -0.1) is 0 Å². The Labute approximate surface area is 117 Å². The zero-order valence-electron chi connectivity index (χ0n) is 12.6. The van der Waals surface area contributed by atoms with Gasteiger partial charge in [0.25, 0.3) is 0 Å².